The van der Waals surface area contributed by atoms with Crippen LogP contribution in [0.2, 0.25) is 0 Å². The number of sulfonamides is 1. The summed E-state index contributed by atoms with van der Waals surface area (Å²) in [5, 5.41) is 3.24. The molecule has 1 fully saturated rings. The zero-order valence-corrected chi connectivity index (χ0v) is 16.4. The molecule has 1 N–H and O–H groups in total. The highest BCUT2D eigenvalue weighted by atomic mass is 32.2. The van der Waals surface area contributed by atoms with E-state index in [0.717, 1.165) is 5.69 Å². The summed E-state index contributed by atoms with van der Waals surface area (Å²) in [6.07, 6.45) is 1.64. The average Bonchev–Trinajstić information content (AvgIpc) is 2.67. The fourth-order valence-corrected chi connectivity index (χ4v) is 4.62. The van der Waals surface area contributed by atoms with Crippen LogP contribution in [0.4, 0.5) is 5.69 Å². The molecule has 1 saturated heterocycles. The number of hydrogen-bond acceptors (Lipinski definition) is 7. The van der Waals surface area contributed by atoms with Crippen LogP contribution >= 0.6 is 11.8 Å². The third-order valence-electron chi connectivity index (χ3n) is 3.83. The van der Waals surface area contributed by atoms with E-state index in [9.17, 15) is 13.2 Å². The van der Waals surface area contributed by atoms with Gasteiger partial charge in [0.05, 0.1) is 23.9 Å². The number of morpholine rings is 1. The number of nitrogens with zero attached hydrogens (tertiary/aromatic N) is 3. The lowest BCUT2D eigenvalue weighted by atomic mass is 10.3. The highest BCUT2D eigenvalue weighted by molar-refractivity contribution is 7.99. The molecule has 1 aromatic carbocycles. The molecule has 0 unspecified atom stereocenters. The van der Waals surface area contributed by atoms with Gasteiger partial charge in [-0.15, -0.1) is 0 Å². The van der Waals surface area contributed by atoms with Gasteiger partial charge < -0.3 is 10.1 Å². The Labute approximate surface area is 162 Å². The molecule has 1 amide bonds. The molecule has 144 valence electrons. The summed E-state index contributed by atoms with van der Waals surface area (Å²) in [5.74, 6) is -0.129. The van der Waals surface area contributed by atoms with Gasteiger partial charge in [-0.1, -0.05) is 17.8 Å². The molecule has 0 saturated carbocycles. The van der Waals surface area contributed by atoms with Crippen molar-refractivity contribution in [2.24, 2.45) is 0 Å². The van der Waals surface area contributed by atoms with E-state index in [4.69, 9.17) is 4.74 Å². The van der Waals surface area contributed by atoms with Gasteiger partial charge in [0.15, 0.2) is 5.16 Å². The van der Waals surface area contributed by atoms with Crippen LogP contribution in [0, 0.1) is 6.92 Å². The van der Waals surface area contributed by atoms with Gasteiger partial charge in [-0.3, -0.25) is 4.79 Å². The lowest BCUT2D eigenvalue weighted by Gasteiger charge is -2.26. The molecular weight excluding hydrogens is 388 g/mol. The molecule has 2 heterocycles. The largest absolute Gasteiger partial charge is 0.379 e. The van der Waals surface area contributed by atoms with E-state index >= 15 is 0 Å². The first-order valence-electron chi connectivity index (χ1n) is 8.35. The van der Waals surface area contributed by atoms with Crippen molar-refractivity contribution in [3.63, 3.8) is 0 Å². The minimum Gasteiger partial charge on any atom is -0.379 e. The molecule has 3 rings (SSSR count). The number of hydrogen-bond donors (Lipinski definition) is 1. The average molecular weight is 409 g/mol. The predicted octanol–water partition coefficient (Wildman–Crippen LogP) is 1.54. The summed E-state index contributed by atoms with van der Waals surface area (Å²) in [6.45, 7) is 3.27. The highest BCUT2D eigenvalue weighted by Gasteiger charge is 2.26. The molecule has 0 spiro atoms. The third kappa shape index (κ3) is 5.25. The van der Waals surface area contributed by atoms with E-state index in [1.54, 1.807) is 24.4 Å². The first-order chi connectivity index (χ1) is 12.9. The topological polar surface area (TPSA) is 101 Å². The maximum atomic E-state index is 12.7. The Balaban J connectivity index is 1.64. The maximum absolute atomic E-state index is 12.7. The van der Waals surface area contributed by atoms with Gasteiger partial charge in [0.25, 0.3) is 0 Å². The summed E-state index contributed by atoms with van der Waals surface area (Å²) in [6, 6.07) is 8.04. The van der Waals surface area contributed by atoms with Crippen LogP contribution in [-0.4, -0.2) is 60.7 Å². The van der Waals surface area contributed by atoms with Gasteiger partial charge in [-0.2, -0.15) is 4.31 Å². The van der Waals surface area contributed by atoms with Crippen LogP contribution in [0.15, 0.2) is 46.6 Å². The first kappa shape index (κ1) is 19.7. The van der Waals surface area contributed by atoms with E-state index in [1.807, 2.05) is 6.92 Å². The minimum absolute atomic E-state index is 0.129. The molecule has 8 nitrogen and oxygen atoms in total. The quantitative estimate of drug-likeness (QED) is 0.571. The number of anilines is 1. The van der Waals surface area contributed by atoms with E-state index in [0.29, 0.717) is 37.1 Å². The fraction of sp³-hybridized carbons (Fsp3) is 0.353. The Kier molecular flexibility index (Phi) is 6.42. The number of amides is 1. The van der Waals surface area contributed by atoms with E-state index in [2.05, 4.69) is 15.3 Å². The van der Waals surface area contributed by atoms with Gasteiger partial charge in [0, 0.05) is 30.7 Å². The van der Waals surface area contributed by atoms with Gasteiger partial charge in [-0.25, -0.2) is 18.4 Å². The molecule has 27 heavy (non-hydrogen) atoms. The molecule has 10 heteroatoms. The summed E-state index contributed by atoms with van der Waals surface area (Å²) >= 11 is 1.22. The zero-order valence-electron chi connectivity index (χ0n) is 14.8. The predicted molar refractivity (Wildman–Crippen MR) is 102 cm³/mol. The standard InChI is InChI=1S/C17H20N4O4S2/c1-13-5-6-18-17(19-13)26-12-16(22)20-14-3-2-4-15(11-14)27(23,24)21-7-9-25-10-8-21/h2-6,11H,7-10,12H2,1H3,(H,20,22). The van der Waals surface area contributed by atoms with E-state index in [-0.39, 0.29) is 16.6 Å². The molecule has 1 aliphatic rings. The molecule has 0 aliphatic carbocycles. The van der Waals surface area contributed by atoms with Crippen molar-refractivity contribution in [2.75, 3.05) is 37.4 Å². The van der Waals surface area contributed by atoms with Crippen LogP contribution < -0.4 is 5.32 Å². The highest BCUT2D eigenvalue weighted by Crippen LogP contribution is 2.21. The number of aryl methyl sites for hydroxylation is 1. The van der Waals surface area contributed by atoms with Crippen molar-refractivity contribution >= 4 is 33.4 Å². The number of aromatic nitrogens is 2. The van der Waals surface area contributed by atoms with Crippen molar-refractivity contribution in [1.82, 2.24) is 14.3 Å². The zero-order chi connectivity index (χ0) is 19.3. The molecular formula is C17H20N4O4S2. The second-order valence-corrected chi connectivity index (χ2v) is 8.74. The number of benzene rings is 1. The van der Waals surface area contributed by atoms with Crippen LogP contribution in [0.5, 0.6) is 0 Å². The Bertz CT molecular complexity index is 915. The molecule has 0 bridgehead atoms. The number of carbonyl (C=O) groups is 1. The number of thioether (sulfide) groups is 1. The van der Waals surface area contributed by atoms with Gasteiger partial charge in [0.1, 0.15) is 0 Å². The van der Waals surface area contributed by atoms with Crippen LogP contribution in [0.3, 0.4) is 0 Å². The van der Waals surface area contributed by atoms with Crippen molar-refractivity contribution in [2.45, 2.75) is 17.0 Å². The fourth-order valence-electron chi connectivity index (χ4n) is 2.49. The van der Waals surface area contributed by atoms with Gasteiger partial charge >= 0.3 is 0 Å². The second-order valence-electron chi connectivity index (χ2n) is 5.86. The second kappa shape index (κ2) is 8.79. The molecule has 1 aliphatic heterocycles. The lowest BCUT2D eigenvalue weighted by Crippen LogP contribution is -2.40. The molecule has 2 aromatic rings. The summed E-state index contributed by atoms with van der Waals surface area (Å²) in [7, 11) is -3.60. The Morgan fingerprint density at radius 3 is 2.81 bits per heavy atom. The summed E-state index contributed by atoms with van der Waals surface area (Å²) in [5.41, 5.74) is 1.26. The number of nitrogens with one attached hydrogen (secondary N) is 1. The number of carbonyl (C=O) groups excluding carboxylic acids is 1. The minimum atomic E-state index is -3.60. The first-order valence-corrected chi connectivity index (χ1v) is 10.8. The SMILES string of the molecule is Cc1ccnc(SCC(=O)Nc2cccc(S(=O)(=O)N3CCOCC3)c2)n1. The Morgan fingerprint density at radius 1 is 1.30 bits per heavy atom. The summed E-state index contributed by atoms with van der Waals surface area (Å²) < 4.78 is 32.0. The maximum Gasteiger partial charge on any atom is 0.243 e. The van der Waals surface area contributed by atoms with Gasteiger partial charge in [0.2, 0.25) is 15.9 Å². The third-order valence-corrected chi connectivity index (χ3v) is 6.59. The number of rotatable bonds is 6. The lowest BCUT2D eigenvalue weighted by molar-refractivity contribution is -0.113. The Morgan fingerprint density at radius 2 is 2.07 bits per heavy atom. The summed E-state index contributed by atoms with van der Waals surface area (Å²) in [4.78, 5) is 20.6. The van der Waals surface area contributed by atoms with Crippen molar-refractivity contribution in [3.8, 4) is 0 Å². The number of ether oxygens (including phenoxy) is 1. The van der Waals surface area contributed by atoms with Crippen LogP contribution in [0.25, 0.3) is 0 Å². The van der Waals surface area contributed by atoms with Crippen LogP contribution in [0.1, 0.15) is 5.69 Å². The van der Waals surface area contributed by atoms with Crippen LogP contribution in [-0.2, 0) is 19.6 Å². The van der Waals surface area contributed by atoms with E-state index < -0.39 is 10.0 Å². The molecule has 0 radical (unpaired) electrons. The van der Waals surface area contributed by atoms with Gasteiger partial charge in [-0.05, 0) is 31.2 Å². The normalized spacial score (nSPS) is 15.4. The Hall–Kier alpha value is -2.01. The van der Waals surface area contributed by atoms with E-state index in [1.165, 1.54) is 28.2 Å². The smallest absolute Gasteiger partial charge is 0.243 e. The monoisotopic (exact) mass is 408 g/mol. The van der Waals surface area contributed by atoms with Crippen molar-refractivity contribution in [3.05, 3.63) is 42.2 Å². The molecule has 1 aromatic heterocycles. The molecule has 0 atom stereocenters. The van der Waals surface area contributed by atoms with Crippen molar-refractivity contribution < 1.29 is 17.9 Å². The van der Waals surface area contributed by atoms with Crippen molar-refractivity contribution in [1.29, 1.82) is 0 Å².